The van der Waals surface area contributed by atoms with Crippen LogP contribution in [0.4, 0.5) is 0 Å². The van der Waals surface area contributed by atoms with Crippen molar-refractivity contribution in [1.29, 1.82) is 0 Å². The summed E-state index contributed by atoms with van der Waals surface area (Å²) >= 11 is 6.96. The summed E-state index contributed by atoms with van der Waals surface area (Å²) in [5, 5.41) is 0. The molecule has 0 spiro atoms. The summed E-state index contributed by atoms with van der Waals surface area (Å²) in [6.07, 6.45) is 8.09. The second-order valence-corrected chi connectivity index (χ2v) is 7.26. The van der Waals surface area contributed by atoms with Crippen LogP contribution in [0.5, 0.6) is 0 Å². The van der Waals surface area contributed by atoms with E-state index in [-0.39, 0.29) is 10.7 Å². The van der Waals surface area contributed by atoms with Gasteiger partial charge in [0, 0.05) is 19.0 Å². The van der Waals surface area contributed by atoms with Gasteiger partial charge in [0.05, 0.1) is 9.74 Å². The van der Waals surface area contributed by atoms with E-state index in [2.05, 4.69) is 20.1 Å². The molecule has 20 heavy (non-hydrogen) atoms. The molecular weight excluding hydrogens is 288 g/mol. The Labute approximate surface area is 133 Å². The molecule has 1 unspecified atom stereocenters. The first-order valence-electron chi connectivity index (χ1n) is 7.64. The highest BCUT2D eigenvalue weighted by Gasteiger charge is 2.38. The number of nitrogens with two attached hydrogens (primary N) is 1. The van der Waals surface area contributed by atoms with Crippen LogP contribution in [0.2, 0.25) is 0 Å². The zero-order valence-electron chi connectivity index (χ0n) is 13.0. The van der Waals surface area contributed by atoms with Gasteiger partial charge in [0.2, 0.25) is 5.91 Å². The monoisotopic (exact) mass is 316 g/mol. The first-order chi connectivity index (χ1) is 9.50. The highest BCUT2D eigenvalue weighted by atomic mass is 32.2. The average Bonchev–Trinajstić information content (AvgIpc) is 2.47. The quantitative estimate of drug-likeness (QED) is 0.733. The summed E-state index contributed by atoms with van der Waals surface area (Å²) in [5.41, 5.74) is 5.89. The van der Waals surface area contributed by atoms with Crippen molar-refractivity contribution in [3.63, 3.8) is 0 Å². The van der Waals surface area contributed by atoms with Crippen molar-refractivity contribution in [3.05, 3.63) is 0 Å². The Morgan fingerprint density at radius 3 is 2.40 bits per heavy atom. The molecule has 116 valence electrons. The largest absolute Gasteiger partial charge is 0.392 e. The maximum absolute atomic E-state index is 12.6. The predicted molar refractivity (Wildman–Crippen MR) is 92.2 cm³/mol. The van der Waals surface area contributed by atoms with Gasteiger partial charge in [0.25, 0.3) is 0 Å². The Morgan fingerprint density at radius 1 is 1.40 bits per heavy atom. The maximum Gasteiger partial charge on any atom is 0.225 e. The molecule has 1 aliphatic rings. The standard InChI is InChI=1S/C15H28N2OS2/c1-4-6-7-12(5-2)13(18)17-10-8-15(20-3,9-11-17)14(16)19/h12H,4-11H2,1-3H3,(H2,16,19). The second kappa shape index (κ2) is 8.23. The van der Waals surface area contributed by atoms with E-state index in [0.29, 0.717) is 10.9 Å². The van der Waals surface area contributed by atoms with Gasteiger partial charge in [-0.1, -0.05) is 38.9 Å². The van der Waals surface area contributed by atoms with Gasteiger partial charge in [-0.15, -0.1) is 0 Å². The lowest BCUT2D eigenvalue weighted by Gasteiger charge is -2.41. The van der Waals surface area contributed by atoms with Crippen molar-refractivity contribution < 1.29 is 4.79 Å². The van der Waals surface area contributed by atoms with Crippen LogP contribution in [0.15, 0.2) is 0 Å². The molecule has 1 saturated heterocycles. The first kappa shape index (κ1) is 17.8. The summed E-state index contributed by atoms with van der Waals surface area (Å²) in [5.74, 6) is 0.528. The molecule has 1 atom stereocenters. The molecular formula is C15H28N2OS2. The van der Waals surface area contributed by atoms with E-state index in [1.807, 2.05) is 4.90 Å². The highest BCUT2D eigenvalue weighted by molar-refractivity contribution is 8.02. The van der Waals surface area contributed by atoms with Crippen molar-refractivity contribution in [3.8, 4) is 0 Å². The molecule has 0 aromatic carbocycles. The Morgan fingerprint density at radius 2 is 2.00 bits per heavy atom. The number of nitrogens with zero attached hydrogens (tertiary/aromatic N) is 1. The van der Waals surface area contributed by atoms with Gasteiger partial charge in [0.1, 0.15) is 0 Å². The third kappa shape index (κ3) is 4.10. The third-order valence-corrected chi connectivity index (χ3v) is 6.40. The van der Waals surface area contributed by atoms with Gasteiger partial charge < -0.3 is 10.6 Å². The number of amides is 1. The number of carbonyl (C=O) groups excluding carboxylic acids is 1. The molecule has 0 aliphatic carbocycles. The summed E-state index contributed by atoms with van der Waals surface area (Å²) in [6, 6.07) is 0. The molecule has 0 bridgehead atoms. The van der Waals surface area contributed by atoms with Gasteiger partial charge in [-0.05, 0) is 31.9 Å². The minimum atomic E-state index is -0.1000. The topological polar surface area (TPSA) is 46.3 Å². The number of hydrogen-bond donors (Lipinski definition) is 1. The summed E-state index contributed by atoms with van der Waals surface area (Å²) in [7, 11) is 0. The molecule has 1 amide bonds. The number of hydrogen-bond acceptors (Lipinski definition) is 3. The number of unbranched alkanes of at least 4 members (excludes halogenated alkanes) is 1. The summed E-state index contributed by atoms with van der Waals surface area (Å²) in [4.78, 5) is 15.2. The Hall–Kier alpha value is -0.290. The predicted octanol–water partition coefficient (Wildman–Crippen LogP) is 3.21. The number of thioether (sulfide) groups is 1. The fourth-order valence-electron chi connectivity index (χ4n) is 2.85. The van der Waals surface area contributed by atoms with E-state index < -0.39 is 0 Å². The molecule has 0 radical (unpaired) electrons. The number of carbonyl (C=O) groups is 1. The van der Waals surface area contributed by atoms with E-state index >= 15 is 0 Å². The molecule has 1 aliphatic heterocycles. The van der Waals surface area contributed by atoms with Crippen molar-refractivity contribution >= 4 is 34.9 Å². The van der Waals surface area contributed by atoms with Gasteiger partial charge >= 0.3 is 0 Å². The first-order valence-corrected chi connectivity index (χ1v) is 9.27. The van der Waals surface area contributed by atoms with Crippen LogP contribution in [0.25, 0.3) is 0 Å². The van der Waals surface area contributed by atoms with E-state index in [9.17, 15) is 4.79 Å². The molecule has 1 heterocycles. The maximum atomic E-state index is 12.6. The lowest BCUT2D eigenvalue weighted by Crippen LogP contribution is -2.51. The molecule has 3 nitrogen and oxygen atoms in total. The zero-order chi connectivity index (χ0) is 15.2. The number of rotatable bonds is 7. The smallest absolute Gasteiger partial charge is 0.225 e. The summed E-state index contributed by atoms with van der Waals surface area (Å²) in [6.45, 7) is 5.87. The minimum absolute atomic E-state index is 0.1000. The lowest BCUT2D eigenvalue weighted by atomic mass is 9.92. The number of likely N-dealkylation sites (tertiary alicyclic amines) is 1. The van der Waals surface area contributed by atoms with Crippen molar-refractivity contribution in [2.75, 3.05) is 19.3 Å². The highest BCUT2D eigenvalue weighted by Crippen LogP contribution is 2.35. The van der Waals surface area contributed by atoms with Gasteiger partial charge in [0.15, 0.2) is 0 Å². The number of piperidine rings is 1. The van der Waals surface area contributed by atoms with Gasteiger partial charge in [-0.25, -0.2) is 0 Å². The fourth-order valence-corrected chi connectivity index (χ4v) is 4.10. The Balaban J connectivity index is 2.59. The van der Waals surface area contributed by atoms with Crippen LogP contribution in [-0.2, 0) is 4.79 Å². The van der Waals surface area contributed by atoms with Gasteiger partial charge in [-0.3, -0.25) is 4.79 Å². The van der Waals surface area contributed by atoms with E-state index in [0.717, 1.165) is 51.6 Å². The van der Waals surface area contributed by atoms with E-state index in [1.165, 1.54) is 0 Å². The normalized spacial score (nSPS) is 19.6. The Bertz CT molecular complexity index is 339. The molecule has 5 heteroatoms. The molecule has 0 saturated carbocycles. The molecule has 0 aromatic heterocycles. The molecule has 2 N–H and O–H groups in total. The zero-order valence-corrected chi connectivity index (χ0v) is 14.6. The number of thiocarbonyl (C=S) groups is 1. The van der Waals surface area contributed by atoms with Crippen molar-refractivity contribution in [2.45, 2.75) is 57.1 Å². The van der Waals surface area contributed by atoms with E-state index in [1.54, 1.807) is 11.8 Å². The van der Waals surface area contributed by atoms with Crippen LogP contribution >= 0.6 is 24.0 Å². The third-order valence-electron chi connectivity index (χ3n) is 4.47. The average molecular weight is 317 g/mol. The summed E-state index contributed by atoms with van der Waals surface area (Å²) < 4.78 is -0.1000. The Kier molecular flexibility index (Phi) is 7.30. The van der Waals surface area contributed by atoms with Gasteiger partial charge in [-0.2, -0.15) is 11.8 Å². The molecule has 1 rings (SSSR count). The van der Waals surface area contributed by atoms with Crippen LogP contribution in [-0.4, -0.2) is 39.9 Å². The molecule has 1 fully saturated rings. The van der Waals surface area contributed by atoms with Crippen LogP contribution in [0, 0.1) is 5.92 Å². The SMILES string of the molecule is CCCCC(CC)C(=O)N1CCC(SC)(C(N)=S)CC1. The van der Waals surface area contributed by atoms with E-state index in [4.69, 9.17) is 18.0 Å². The van der Waals surface area contributed by atoms with Crippen molar-refractivity contribution in [1.82, 2.24) is 4.90 Å². The van der Waals surface area contributed by atoms with Crippen molar-refractivity contribution in [2.24, 2.45) is 11.7 Å². The fraction of sp³-hybridized carbons (Fsp3) is 0.867. The van der Waals surface area contributed by atoms with Crippen LogP contribution in [0.3, 0.4) is 0 Å². The lowest BCUT2D eigenvalue weighted by molar-refractivity contribution is -0.136. The molecule has 0 aromatic rings. The van der Waals surface area contributed by atoms with Crippen LogP contribution < -0.4 is 5.73 Å². The van der Waals surface area contributed by atoms with Crippen LogP contribution in [0.1, 0.15) is 52.4 Å². The minimum Gasteiger partial charge on any atom is -0.392 e. The second-order valence-electron chi connectivity index (χ2n) is 5.64.